The van der Waals surface area contributed by atoms with Crippen LogP contribution in [0.4, 0.5) is 17.1 Å². The molecule has 0 aliphatic rings. The minimum Gasteiger partial charge on any atom is -0.354 e. The zero-order chi connectivity index (χ0) is 22.9. The largest absolute Gasteiger partial charge is 0.354 e. The van der Waals surface area contributed by atoms with Crippen molar-refractivity contribution in [3.8, 4) is 0 Å². The Bertz CT molecular complexity index is 1480. The molecule has 3 aromatic carbocycles. The van der Waals surface area contributed by atoms with Crippen molar-refractivity contribution in [1.82, 2.24) is 4.98 Å². The van der Waals surface area contributed by atoms with E-state index in [1.54, 1.807) is 12.1 Å². The number of benzene rings is 3. The fourth-order valence-corrected chi connectivity index (χ4v) is 4.31. The van der Waals surface area contributed by atoms with Crippen molar-refractivity contribution in [2.45, 2.75) is 6.61 Å². The zero-order valence-electron chi connectivity index (χ0n) is 17.4. The first-order valence-electron chi connectivity index (χ1n) is 9.58. The van der Waals surface area contributed by atoms with Gasteiger partial charge in [0.1, 0.15) is 0 Å². The van der Waals surface area contributed by atoms with Crippen LogP contribution in [0.2, 0.25) is 0 Å². The summed E-state index contributed by atoms with van der Waals surface area (Å²) in [7, 11) is -7.21. The number of hydrogen-bond donors (Lipinski definition) is 2. The fraction of sp³-hybridized carbons (Fsp3) is 0.136. The molecule has 1 aromatic heterocycles. The maximum absolute atomic E-state index is 11.8. The summed E-state index contributed by atoms with van der Waals surface area (Å²) >= 11 is 0. The summed E-state index contributed by atoms with van der Waals surface area (Å²) in [4.78, 5) is 4.70. The van der Waals surface area contributed by atoms with E-state index in [1.807, 2.05) is 48.5 Å². The second kappa shape index (κ2) is 8.38. The molecule has 0 fully saturated rings. The van der Waals surface area contributed by atoms with Crippen LogP contribution in [0.15, 0.2) is 66.7 Å². The van der Waals surface area contributed by atoms with Crippen molar-refractivity contribution < 1.29 is 21.0 Å². The molecule has 0 saturated carbocycles. The molecule has 0 saturated heterocycles. The maximum Gasteiger partial charge on any atom is 0.264 e. The summed E-state index contributed by atoms with van der Waals surface area (Å²) in [5.41, 5.74) is 3.74. The number of sulfonamides is 1. The van der Waals surface area contributed by atoms with Gasteiger partial charge in [-0.1, -0.05) is 36.4 Å². The molecule has 0 unspecified atom stereocenters. The predicted octanol–water partition coefficient (Wildman–Crippen LogP) is 3.98. The van der Waals surface area contributed by atoms with Gasteiger partial charge in [0.2, 0.25) is 10.0 Å². The molecule has 2 N–H and O–H groups in total. The van der Waals surface area contributed by atoms with E-state index in [2.05, 4.69) is 10.0 Å². The average Bonchev–Trinajstić information content (AvgIpc) is 2.70. The highest BCUT2D eigenvalue weighted by Crippen LogP contribution is 2.34. The standard InChI is InChI=1S/C22H21N3O5S2/c1-31(26,27)25-17-12-15(14-30-32(2,28)29)11-16(13-17)23-22-18-7-3-5-9-20(18)24-21-10-6-4-8-19(21)22/h3-13,25H,14H2,1-2H3,(H,23,24). The van der Waals surface area contributed by atoms with Crippen LogP contribution in [0.5, 0.6) is 0 Å². The molecule has 10 heteroatoms. The molecule has 0 radical (unpaired) electrons. The van der Waals surface area contributed by atoms with E-state index in [0.717, 1.165) is 40.0 Å². The summed E-state index contributed by atoms with van der Waals surface area (Å²) in [6, 6.07) is 20.2. The monoisotopic (exact) mass is 471 g/mol. The molecule has 0 aliphatic heterocycles. The van der Waals surface area contributed by atoms with E-state index in [9.17, 15) is 16.8 Å². The molecule has 4 aromatic rings. The SMILES string of the molecule is CS(=O)(=O)Nc1cc(COS(C)(=O)=O)cc(Nc2c3ccccc3nc3ccccc23)c1. The van der Waals surface area contributed by atoms with Gasteiger partial charge in [-0.15, -0.1) is 0 Å². The van der Waals surface area contributed by atoms with Crippen LogP contribution in [0, 0.1) is 0 Å². The van der Waals surface area contributed by atoms with Crippen LogP contribution in [-0.2, 0) is 30.9 Å². The van der Waals surface area contributed by atoms with Gasteiger partial charge in [0.15, 0.2) is 0 Å². The lowest BCUT2D eigenvalue weighted by Gasteiger charge is -2.16. The Labute approximate surface area is 186 Å². The number of aromatic nitrogens is 1. The number of para-hydroxylation sites is 2. The number of nitrogens with zero attached hydrogens (tertiary/aromatic N) is 1. The van der Waals surface area contributed by atoms with Gasteiger partial charge in [0.05, 0.1) is 41.5 Å². The smallest absolute Gasteiger partial charge is 0.264 e. The van der Waals surface area contributed by atoms with Gasteiger partial charge >= 0.3 is 0 Å². The molecule has 4 rings (SSSR count). The Morgan fingerprint density at radius 2 is 1.38 bits per heavy atom. The van der Waals surface area contributed by atoms with E-state index in [-0.39, 0.29) is 12.3 Å². The lowest BCUT2D eigenvalue weighted by Crippen LogP contribution is -2.10. The van der Waals surface area contributed by atoms with Gasteiger partial charge < -0.3 is 5.32 Å². The van der Waals surface area contributed by atoms with Crippen LogP contribution in [-0.4, -0.2) is 34.3 Å². The van der Waals surface area contributed by atoms with Crippen molar-refractivity contribution >= 4 is 59.0 Å². The molecule has 0 atom stereocenters. The minimum absolute atomic E-state index is 0.232. The highest BCUT2D eigenvalue weighted by molar-refractivity contribution is 7.92. The van der Waals surface area contributed by atoms with Crippen LogP contribution in [0.25, 0.3) is 21.8 Å². The molecule has 166 valence electrons. The van der Waals surface area contributed by atoms with E-state index >= 15 is 0 Å². The van der Waals surface area contributed by atoms with Gasteiger partial charge in [0.25, 0.3) is 10.1 Å². The number of anilines is 3. The number of hydrogen-bond acceptors (Lipinski definition) is 7. The second-order valence-electron chi connectivity index (χ2n) is 7.41. The molecule has 8 nitrogen and oxygen atoms in total. The Morgan fingerprint density at radius 1 is 0.812 bits per heavy atom. The summed E-state index contributed by atoms with van der Waals surface area (Å²) < 4.78 is 53.8. The Kier molecular flexibility index (Phi) is 5.76. The van der Waals surface area contributed by atoms with E-state index in [1.165, 1.54) is 6.07 Å². The summed E-state index contributed by atoms with van der Waals surface area (Å²) in [5, 5.41) is 5.15. The number of rotatable bonds is 7. The second-order valence-corrected chi connectivity index (χ2v) is 10.8. The number of pyridine rings is 1. The van der Waals surface area contributed by atoms with E-state index in [0.29, 0.717) is 11.3 Å². The third-order valence-electron chi connectivity index (χ3n) is 4.59. The fourth-order valence-electron chi connectivity index (χ4n) is 3.41. The molecule has 0 bridgehead atoms. The molecule has 32 heavy (non-hydrogen) atoms. The summed E-state index contributed by atoms with van der Waals surface area (Å²) in [6.07, 6.45) is 2.00. The quantitative estimate of drug-likeness (QED) is 0.309. The van der Waals surface area contributed by atoms with Crippen molar-refractivity contribution in [3.63, 3.8) is 0 Å². The Morgan fingerprint density at radius 3 is 1.94 bits per heavy atom. The first kappa shape index (κ1) is 22.0. The third kappa shape index (κ3) is 5.34. The maximum atomic E-state index is 11.8. The van der Waals surface area contributed by atoms with Crippen molar-refractivity contribution in [3.05, 3.63) is 72.3 Å². The first-order valence-corrected chi connectivity index (χ1v) is 13.3. The molecule has 0 aliphatic carbocycles. The molecule has 1 heterocycles. The van der Waals surface area contributed by atoms with Crippen LogP contribution < -0.4 is 10.0 Å². The van der Waals surface area contributed by atoms with Crippen LogP contribution in [0.3, 0.4) is 0 Å². The first-order chi connectivity index (χ1) is 15.1. The van der Waals surface area contributed by atoms with E-state index < -0.39 is 20.1 Å². The Hall–Kier alpha value is -3.21. The van der Waals surface area contributed by atoms with Gasteiger partial charge in [-0.05, 0) is 35.9 Å². The molecule has 0 amide bonds. The van der Waals surface area contributed by atoms with Gasteiger partial charge in [0, 0.05) is 16.5 Å². The number of fused-ring (bicyclic) bond motifs is 2. The third-order valence-corrected chi connectivity index (χ3v) is 5.75. The lowest BCUT2D eigenvalue weighted by atomic mass is 10.1. The topological polar surface area (TPSA) is 114 Å². The number of nitrogens with one attached hydrogen (secondary N) is 2. The van der Waals surface area contributed by atoms with Crippen LogP contribution >= 0.6 is 0 Å². The normalized spacial score (nSPS) is 12.2. The minimum atomic E-state index is -3.67. The molecular weight excluding hydrogens is 450 g/mol. The summed E-state index contributed by atoms with van der Waals surface area (Å²) in [6.45, 7) is -0.232. The van der Waals surface area contributed by atoms with Crippen LogP contribution in [0.1, 0.15) is 5.56 Å². The average molecular weight is 472 g/mol. The van der Waals surface area contributed by atoms with Crippen molar-refractivity contribution in [2.24, 2.45) is 0 Å². The van der Waals surface area contributed by atoms with Gasteiger partial charge in [-0.25, -0.2) is 13.4 Å². The molecular formula is C22H21N3O5S2. The summed E-state index contributed by atoms with van der Waals surface area (Å²) in [5.74, 6) is 0. The van der Waals surface area contributed by atoms with Gasteiger partial charge in [-0.2, -0.15) is 8.42 Å². The van der Waals surface area contributed by atoms with Crippen molar-refractivity contribution in [1.29, 1.82) is 0 Å². The van der Waals surface area contributed by atoms with Crippen molar-refractivity contribution in [2.75, 3.05) is 22.6 Å². The van der Waals surface area contributed by atoms with Gasteiger partial charge in [-0.3, -0.25) is 8.91 Å². The predicted molar refractivity (Wildman–Crippen MR) is 127 cm³/mol. The zero-order valence-corrected chi connectivity index (χ0v) is 19.0. The highest BCUT2D eigenvalue weighted by Gasteiger charge is 2.12. The Balaban J connectivity index is 1.84. The molecule has 0 spiro atoms. The van der Waals surface area contributed by atoms with E-state index in [4.69, 9.17) is 9.17 Å². The lowest BCUT2D eigenvalue weighted by molar-refractivity contribution is 0.312. The highest BCUT2D eigenvalue weighted by atomic mass is 32.2.